The third-order valence-corrected chi connectivity index (χ3v) is 2.97. The van der Waals surface area contributed by atoms with Crippen molar-refractivity contribution in [3.05, 3.63) is 46.7 Å². The summed E-state index contributed by atoms with van der Waals surface area (Å²) in [4.78, 5) is 33.7. The molecule has 2 aromatic rings. The van der Waals surface area contributed by atoms with E-state index in [1.54, 1.807) is 12.1 Å². The summed E-state index contributed by atoms with van der Waals surface area (Å²) in [5, 5.41) is 11.6. The van der Waals surface area contributed by atoms with Gasteiger partial charge in [-0.05, 0) is 28.1 Å². The standard InChI is InChI=1S/C12H11BrN4O3/c13-10-3-1-2-8(16-10)11(18)17-9(12(19)20)4-7-5-14-6-15-7/h1-3,5-6,9H,4H2,(H,14,15)(H,17,18)(H,19,20)/t9-/m1/s1. The van der Waals surface area contributed by atoms with Crippen molar-refractivity contribution in [2.45, 2.75) is 12.5 Å². The lowest BCUT2D eigenvalue weighted by Crippen LogP contribution is -2.42. The van der Waals surface area contributed by atoms with Crippen LogP contribution >= 0.6 is 15.9 Å². The average molecular weight is 339 g/mol. The van der Waals surface area contributed by atoms with Crippen LogP contribution < -0.4 is 5.32 Å². The van der Waals surface area contributed by atoms with Gasteiger partial charge in [0.05, 0.1) is 6.33 Å². The Morgan fingerprint density at radius 3 is 2.85 bits per heavy atom. The number of carboxylic acid groups (broad SMARTS) is 1. The van der Waals surface area contributed by atoms with Gasteiger partial charge < -0.3 is 15.4 Å². The molecule has 3 N–H and O–H groups in total. The summed E-state index contributed by atoms with van der Waals surface area (Å²) >= 11 is 3.15. The summed E-state index contributed by atoms with van der Waals surface area (Å²) in [7, 11) is 0. The molecule has 1 amide bonds. The Balaban J connectivity index is 2.08. The molecule has 0 bridgehead atoms. The van der Waals surface area contributed by atoms with Crippen LogP contribution in [0.3, 0.4) is 0 Å². The van der Waals surface area contributed by atoms with E-state index in [9.17, 15) is 9.59 Å². The Kier molecular flexibility index (Phi) is 4.46. The molecule has 0 aromatic carbocycles. The Bertz CT molecular complexity index is 615. The van der Waals surface area contributed by atoms with Crippen LogP contribution in [-0.4, -0.2) is 38.0 Å². The van der Waals surface area contributed by atoms with Crippen molar-refractivity contribution >= 4 is 27.8 Å². The van der Waals surface area contributed by atoms with E-state index in [-0.39, 0.29) is 12.1 Å². The van der Waals surface area contributed by atoms with Crippen LogP contribution in [0.4, 0.5) is 0 Å². The van der Waals surface area contributed by atoms with Crippen LogP contribution in [0.25, 0.3) is 0 Å². The van der Waals surface area contributed by atoms with Gasteiger partial charge in [0.25, 0.3) is 5.91 Å². The third kappa shape index (κ3) is 3.64. The molecule has 0 unspecified atom stereocenters. The highest BCUT2D eigenvalue weighted by Crippen LogP contribution is 2.07. The number of nitrogens with one attached hydrogen (secondary N) is 2. The van der Waals surface area contributed by atoms with E-state index in [0.717, 1.165) is 0 Å². The largest absolute Gasteiger partial charge is 0.480 e. The smallest absolute Gasteiger partial charge is 0.326 e. The summed E-state index contributed by atoms with van der Waals surface area (Å²) in [5.41, 5.74) is 0.773. The number of carboxylic acids is 1. The van der Waals surface area contributed by atoms with Crippen molar-refractivity contribution in [3.8, 4) is 0 Å². The van der Waals surface area contributed by atoms with E-state index >= 15 is 0 Å². The van der Waals surface area contributed by atoms with E-state index in [0.29, 0.717) is 10.3 Å². The zero-order chi connectivity index (χ0) is 14.5. The molecule has 0 aliphatic heterocycles. The van der Waals surface area contributed by atoms with Crippen LogP contribution in [0.15, 0.2) is 35.3 Å². The number of carbonyl (C=O) groups excluding carboxylic acids is 1. The molecule has 20 heavy (non-hydrogen) atoms. The van der Waals surface area contributed by atoms with Gasteiger partial charge in [0.1, 0.15) is 16.3 Å². The van der Waals surface area contributed by atoms with Crippen LogP contribution in [0.5, 0.6) is 0 Å². The lowest BCUT2D eigenvalue weighted by molar-refractivity contribution is -0.139. The minimum Gasteiger partial charge on any atom is -0.480 e. The first kappa shape index (κ1) is 14.2. The van der Waals surface area contributed by atoms with E-state index < -0.39 is 17.9 Å². The van der Waals surface area contributed by atoms with Gasteiger partial charge in [-0.2, -0.15) is 0 Å². The van der Waals surface area contributed by atoms with Crippen LogP contribution in [0.2, 0.25) is 0 Å². The van der Waals surface area contributed by atoms with Gasteiger partial charge in [-0.1, -0.05) is 6.07 Å². The lowest BCUT2D eigenvalue weighted by Gasteiger charge is -2.13. The topological polar surface area (TPSA) is 108 Å². The van der Waals surface area contributed by atoms with Gasteiger partial charge in [-0.3, -0.25) is 4.79 Å². The summed E-state index contributed by atoms with van der Waals surface area (Å²) in [6.45, 7) is 0. The fourth-order valence-electron chi connectivity index (χ4n) is 1.58. The molecule has 0 saturated carbocycles. The van der Waals surface area contributed by atoms with E-state index in [1.165, 1.54) is 18.6 Å². The summed E-state index contributed by atoms with van der Waals surface area (Å²) in [6.07, 6.45) is 3.08. The number of hydrogen-bond acceptors (Lipinski definition) is 4. The molecule has 2 aromatic heterocycles. The van der Waals surface area contributed by atoms with Gasteiger partial charge in [-0.25, -0.2) is 14.8 Å². The number of amides is 1. The normalized spacial score (nSPS) is 11.8. The fourth-order valence-corrected chi connectivity index (χ4v) is 1.93. The van der Waals surface area contributed by atoms with E-state index in [4.69, 9.17) is 5.11 Å². The van der Waals surface area contributed by atoms with Crippen molar-refractivity contribution in [2.75, 3.05) is 0 Å². The van der Waals surface area contributed by atoms with Crippen molar-refractivity contribution < 1.29 is 14.7 Å². The molecular formula is C12H11BrN4O3. The third-order valence-electron chi connectivity index (χ3n) is 2.53. The maximum Gasteiger partial charge on any atom is 0.326 e. The highest BCUT2D eigenvalue weighted by atomic mass is 79.9. The van der Waals surface area contributed by atoms with E-state index in [2.05, 4.69) is 36.2 Å². The van der Waals surface area contributed by atoms with Gasteiger partial charge in [0.15, 0.2) is 0 Å². The number of pyridine rings is 1. The second-order valence-electron chi connectivity index (χ2n) is 3.99. The Morgan fingerprint density at radius 1 is 1.45 bits per heavy atom. The number of aromatic nitrogens is 3. The number of halogens is 1. The van der Waals surface area contributed by atoms with Crippen LogP contribution in [0, 0.1) is 0 Å². The maximum atomic E-state index is 12.0. The average Bonchev–Trinajstić information content (AvgIpc) is 2.90. The zero-order valence-corrected chi connectivity index (χ0v) is 11.8. The van der Waals surface area contributed by atoms with Gasteiger partial charge in [0.2, 0.25) is 0 Å². The molecule has 0 saturated heterocycles. The number of nitrogens with zero attached hydrogens (tertiary/aromatic N) is 2. The SMILES string of the molecule is O=C(N[C@H](Cc1cnc[nH]1)C(=O)O)c1cccc(Br)n1. The Morgan fingerprint density at radius 2 is 2.25 bits per heavy atom. The number of H-pyrrole nitrogens is 1. The monoisotopic (exact) mass is 338 g/mol. The predicted molar refractivity (Wildman–Crippen MR) is 73.1 cm³/mol. The first-order chi connectivity index (χ1) is 9.56. The highest BCUT2D eigenvalue weighted by molar-refractivity contribution is 9.10. The van der Waals surface area contributed by atoms with Gasteiger partial charge in [0, 0.05) is 18.3 Å². The number of hydrogen-bond donors (Lipinski definition) is 3. The molecule has 2 heterocycles. The number of imidazole rings is 1. The van der Waals surface area contributed by atoms with Gasteiger partial charge >= 0.3 is 5.97 Å². The number of rotatable bonds is 5. The second kappa shape index (κ2) is 6.29. The summed E-state index contributed by atoms with van der Waals surface area (Å²) < 4.78 is 0.505. The van der Waals surface area contributed by atoms with Crippen molar-refractivity contribution in [3.63, 3.8) is 0 Å². The summed E-state index contributed by atoms with van der Waals surface area (Å²) in [6, 6.07) is 3.78. The van der Waals surface area contributed by atoms with E-state index in [1.807, 2.05) is 0 Å². The summed E-state index contributed by atoms with van der Waals surface area (Å²) in [5.74, 6) is -1.67. The van der Waals surface area contributed by atoms with Crippen molar-refractivity contribution in [2.24, 2.45) is 0 Å². The molecule has 7 nitrogen and oxygen atoms in total. The molecular weight excluding hydrogens is 328 g/mol. The highest BCUT2D eigenvalue weighted by Gasteiger charge is 2.22. The van der Waals surface area contributed by atoms with Crippen LogP contribution in [0.1, 0.15) is 16.2 Å². The molecule has 0 radical (unpaired) electrons. The Hall–Kier alpha value is -2.22. The fraction of sp³-hybridized carbons (Fsp3) is 0.167. The molecule has 2 rings (SSSR count). The quantitative estimate of drug-likeness (QED) is 0.704. The minimum absolute atomic E-state index is 0.120. The lowest BCUT2D eigenvalue weighted by atomic mass is 10.1. The molecule has 104 valence electrons. The number of aliphatic carboxylic acids is 1. The van der Waals surface area contributed by atoms with Crippen molar-refractivity contribution in [1.29, 1.82) is 0 Å². The first-order valence-electron chi connectivity index (χ1n) is 5.69. The molecule has 1 atom stereocenters. The minimum atomic E-state index is -1.12. The molecule has 0 fully saturated rings. The maximum absolute atomic E-state index is 12.0. The Labute approximate surface area is 122 Å². The zero-order valence-electron chi connectivity index (χ0n) is 10.2. The number of aromatic amines is 1. The second-order valence-corrected chi connectivity index (χ2v) is 4.80. The molecule has 0 spiro atoms. The van der Waals surface area contributed by atoms with Gasteiger partial charge in [-0.15, -0.1) is 0 Å². The first-order valence-corrected chi connectivity index (χ1v) is 6.49. The molecule has 0 aliphatic carbocycles. The predicted octanol–water partition coefficient (Wildman–Crippen LogP) is 0.993. The van der Waals surface area contributed by atoms with Crippen LogP contribution in [-0.2, 0) is 11.2 Å². The molecule has 0 aliphatic rings. The molecule has 8 heteroatoms. The van der Waals surface area contributed by atoms with Crippen molar-refractivity contribution in [1.82, 2.24) is 20.3 Å². The number of carbonyl (C=O) groups is 2.